The first-order valence-electron chi connectivity index (χ1n) is 4.41. The molecule has 84 valence electrons. The van der Waals surface area contributed by atoms with Crippen LogP contribution in [0.15, 0.2) is 46.7 Å². The van der Waals surface area contributed by atoms with Gasteiger partial charge in [0.1, 0.15) is 4.21 Å². The molecule has 0 aliphatic carbocycles. The number of anilines is 1. The highest BCUT2D eigenvalue weighted by atomic mass is 35.5. The first kappa shape index (κ1) is 11.4. The summed E-state index contributed by atoms with van der Waals surface area (Å²) in [5, 5.41) is 0. The molecular weight excluding hydrogens is 266 g/mol. The van der Waals surface area contributed by atoms with Gasteiger partial charge < -0.3 is 0 Å². The molecule has 2 rings (SSSR count). The van der Waals surface area contributed by atoms with E-state index in [4.69, 9.17) is 11.6 Å². The first-order valence-corrected chi connectivity index (χ1v) is 7.09. The van der Waals surface area contributed by atoms with E-state index >= 15 is 0 Å². The summed E-state index contributed by atoms with van der Waals surface area (Å²) in [6.45, 7) is 0. The zero-order chi connectivity index (χ0) is 11.6. The van der Waals surface area contributed by atoms with Gasteiger partial charge in [-0.3, -0.25) is 4.72 Å². The molecule has 1 aromatic carbocycles. The highest BCUT2D eigenvalue weighted by molar-refractivity contribution is 7.94. The maximum absolute atomic E-state index is 11.9. The Labute approximate surface area is 103 Å². The summed E-state index contributed by atoms with van der Waals surface area (Å²) in [6, 6.07) is 11.8. The molecule has 0 radical (unpaired) electrons. The summed E-state index contributed by atoms with van der Waals surface area (Å²) in [6.07, 6.45) is 0. The molecular formula is C10H8ClNO2S2. The van der Waals surface area contributed by atoms with E-state index in [0.717, 1.165) is 11.3 Å². The monoisotopic (exact) mass is 273 g/mol. The molecule has 1 N–H and O–H groups in total. The van der Waals surface area contributed by atoms with Crippen LogP contribution in [0.2, 0.25) is 4.34 Å². The second-order valence-corrected chi connectivity index (χ2v) is 6.65. The zero-order valence-electron chi connectivity index (χ0n) is 8.05. The highest BCUT2D eigenvalue weighted by Gasteiger charge is 2.16. The average molecular weight is 274 g/mol. The van der Waals surface area contributed by atoms with Crippen LogP contribution in [-0.2, 0) is 10.0 Å². The zero-order valence-corrected chi connectivity index (χ0v) is 10.4. The highest BCUT2D eigenvalue weighted by Crippen LogP contribution is 2.26. The number of benzene rings is 1. The lowest BCUT2D eigenvalue weighted by molar-refractivity contribution is 0.603. The van der Waals surface area contributed by atoms with Gasteiger partial charge in [0.05, 0.1) is 4.34 Å². The smallest absolute Gasteiger partial charge is 0.271 e. The summed E-state index contributed by atoms with van der Waals surface area (Å²) >= 11 is 6.72. The summed E-state index contributed by atoms with van der Waals surface area (Å²) < 4.78 is 26.8. The molecule has 1 heterocycles. The number of sulfonamides is 1. The maximum atomic E-state index is 11.9. The molecule has 1 aromatic heterocycles. The minimum atomic E-state index is -3.51. The van der Waals surface area contributed by atoms with E-state index in [1.165, 1.54) is 6.07 Å². The van der Waals surface area contributed by atoms with E-state index in [-0.39, 0.29) is 4.21 Å². The standard InChI is InChI=1S/C10H8ClNO2S2/c11-9-6-7-10(15-9)16(13,14)12-8-4-2-1-3-5-8/h1-7,12H. The van der Waals surface area contributed by atoms with Gasteiger partial charge in [0.2, 0.25) is 0 Å². The molecule has 0 fully saturated rings. The van der Waals surface area contributed by atoms with Crippen LogP contribution >= 0.6 is 22.9 Å². The fourth-order valence-corrected chi connectivity index (χ4v) is 3.70. The molecule has 3 nitrogen and oxygen atoms in total. The van der Waals surface area contributed by atoms with Crippen molar-refractivity contribution in [2.75, 3.05) is 4.72 Å². The number of thiophene rings is 1. The summed E-state index contributed by atoms with van der Waals surface area (Å²) in [5.41, 5.74) is 0.534. The van der Waals surface area contributed by atoms with Crippen LogP contribution in [0.25, 0.3) is 0 Å². The van der Waals surface area contributed by atoms with Crippen molar-refractivity contribution in [2.24, 2.45) is 0 Å². The number of halogens is 1. The predicted octanol–water partition coefficient (Wildman–Crippen LogP) is 3.20. The Kier molecular flexibility index (Phi) is 3.18. The van der Waals surface area contributed by atoms with Gasteiger partial charge in [-0.1, -0.05) is 29.8 Å². The third-order valence-corrected chi connectivity index (χ3v) is 4.94. The van der Waals surface area contributed by atoms with Crippen LogP contribution in [0.3, 0.4) is 0 Å². The Hall–Kier alpha value is -1.04. The quantitative estimate of drug-likeness (QED) is 0.933. The van der Waals surface area contributed by atoms with E-state index in [1.54, 1.807) is 30.3 Å². The normalized spacial score (nSPS) is 11.3. The van der Waals surface area contributed by atoms with Crippen LogP contribution < -0.4 is 4.72 Å². The van der Waals surface area contributed by atoms with Crippen LogP contribution in [-0.4, -0.2) is 8.42 Å². The minimum Gasteiger partial charge on any atom is -0.279 e. The van der Waals surface area contributed by atoms with Crippen molar-refractivity contribution in [1.82, 2.24) is 0 Å². The number of nitrogens with one attached hydrogen (secondary N) is 1. The van der Waals surface area contributed by atoms with Gasteiger partial charge in [0.15, 0.2) is 0 Å². The Bertz CT molecular complexity index is 578. The summed E-state index contributed by atoms with van der Waals surface area (Å²) in [5.74, 6) is 0. The number of para-hydroxylation sites is 1. The SMILES string of the molecule is O=S(=O)(Nc1ccccc1)c1ccc(Cl)s1. The van der Waals surface area contributed by atoms with Gasteiger partial charge in [0, 0.05) is 5.69 Å². The molecule has 0 unspecified atom stereocenters. The summed E-state index contributed by atoms with van der Waals surface area (Å²) in [4.78, 5) is 0. The maximum Gasteiger partial charge on any atom is 0.271 e. The Morgan fingerprint density at radius 3 is 2.31 bits per heavy atom. The van der Waals surface area contributed by atoms with Crippen molar-refractivity contribution in [3.63, 3.8) is 0 Å². The lowest BCUT2D eigenvalue weighted by Gasteiger charge is -2.04. The average Bonchev–Trinajstić information content (AvgIpc) is 2.66. The Morgan fingerprint density at radius 1 is 1.06 bits per heavy atom. The molecule has 0 atom stereocenters. The molecule has 0 spiro atoms. The molecule has 0 saturated carbocycles. The number of hydrogen-bond acceptors (Lipinski definition) is 3. The Morgan fingerprint density at radius 2 is 1.75 bits per heavy atom. The third kappa shape index (κ3) is 2.55. The second-order valence-electron chi connectivity index (χ2n) is 3.03. The molecule has 2 aromatic rings. The molecule has 0 amide bonds. The van der Waals surface area contributed by atoms with Crippen LogP contribution in [0.5, 0.6) is 0 Å². The number of hydrogen-bond donors (Lipinski definition) is 1. The largest absolute Gasteiger partial charge is 0.279 e. The van der Waals surface area contributed by atoms with Crippen molar-refractivity contribution in [2.45, 2.75) is 4.21 Å². The first-order chi connectivity index (χ1) is 7.58. The van der Waals surface area contributed by atoms with Crippen LogP contribution in [0.1, 0.15) is 0 Å². The second kappa shape index (κ2) is 4.45. The van der Waals surface area contributed by atoms with Crippen molar-refractivity contribution in [1.29, 1.82) is 0 Å². The molecule has 16 heavy (non-hydrogen) atoms. The topological polar surface area (TPSA) is 46.2 Å². The van der Waals surface area contributed by atoms with Gasteiger partial charge in [0.25, 0.3) is 10.0 Å². The summed E-state index contributed by atoms with van der Waals surface area (Å²) in [7, 11) is -3.51. The fourth-order valence-electron chi connectivity index (χ4n) is 1.15. The van der Waals surface area contributed by atoms with Crippen LogP contribution in [0.4, 0.5) is 5.69 Å². The van der Waals surface area contributed by atoms with E-state index in [9.17, 15) is 8.42 Å². The van der Waals surface area contributed by atoms with E-state index < -0.39 is 10.0 Å². The van der Waals surface area contributed by atoms with Gasteiger partial charge >= 0.3 is 0 Å². The van der Waals surface area contributed by atoms with Crippen molar-refractivity contribution in [3.8, 4) is 0 Å². The molecule has 6 heteroatoms. The van der Waals surface area contributed by atoms with Crippen LogP contribution in [0, 0.1) is 0 Å². The Balaban J connectivity index is 2.28. The van der Waals surface area contributed by atoms with Gasteiger partial charge in [-0.2, -0.15) is 0 Å². The van der Waals surface area contributed by atoms with Crippen molar-refractivity contribution < 1.29 is 8.42 Å². The van der Waals surface area contributed by atoms with E-state index in [1.807, 2.05) is 6.07 Å². The number of rotatable bonds is 3. The lowest BCUT2D eigenvalue weighted by atomic mass is 10.3. The van der Waals surface area contributed by atoms with Gasteiger partial charge in [-0.05, 0) is 24.3 Å². The molecule has 0 aliphatic rings. The van der Waals surface area contributed by atoms with E-state index in [0.29, 0.717) is 10.0 Å². The van der Waals surface area contributed by atoms with Gasteiger partial charge in [-0.15, -0.1) is 11.3 Å². The molecule has 0 saturated heterocycles. The molecule has 0 bridgehead atoms. The third-order valence-electron chi connectivity index (χ3n) is 1.84. The minimum absolute atomic E-state index is 0.210. The van der Waals surface area contributed by atoms with Crippen molar-refractivity contribution in [3.05, 3.63) is 46.8 Å². The fraction of sp³-hybridized carbons (Fsp3) is 0. The predicted molar refractivity (Wildman–Crippen MR) is 66.6 cm³/mol. The van der Waals surface area contributed by atoms with E-state index in [2.05, 4.69) is 4.72 Å². The van der Waals surface area contributed by atoms with Crippen molar-refractivity contribution >= 4 is 38.6 Å². The van der Waals surface area contributed by atoms with Gasteiger partial charge in [-0.25, -0.2) is 8.42 Å². The molecule has 0 aliphatic heterocycles. The lowest BCUT2D eigenvalue weighted by Crippen LogP contribution is -2.11.